The lowest BCUT2D eigenvalue weighted by molar-refractivity contribution is 0.0129. The van der Waals surface area contributed by atoms with Crippen molar-refractivity contribution in [2.75, 3.05) is 19.7 Å². The lowest BCUT2D eigenvalue weighted by Crippen LogP contribution is -2.53. The Bertz CT molecular complexity index is 459. The topological polar surface area (TPSA) is 40.5 Å². The third kappa shape index (κ3) is 2.65. The largest absolute Gasteiger partial charge is 0.396 e. The monoisotopic (exact) mass is 273 g/mol. The minimum absolute atomic E-state index is 0.0589. The fraction of sp³-hybridized carbons (Fsp3) is 0.588. The molecule has 0 radical (unpaired) electrons. The first-order chi connectivity index (χ1) is 9.79. The van der Waals surface area contributed by atoms with Crippen molar-refractivity contribution in [2.45, 2.75) is 31.7 Å². The first-order valence-corrected chi connectivity index (χ1v) is 7.73. The van der Waals surface area contributed by atoms with Gasteiger partial charge in [0, 0.05) is 30.7 Å². The molecule has 0 amide bonds. The maximum atomic E-state index is 12.8. The Balaban J connectivity index is 1.83. The van der Waals surface area contributed by atoms with E-state index in [1.54, 1.807) is 0 Å². The van der Waals surface area contributed by atoms with Gasteiger partial charge in [-0.25, -0.2) is 0 Å². The summed E-state index contributed by atoms with van der Waals surface area (Å²) in [6.45, 7) is 2.24. The van der Waals surface area contributed by atoms with E-state index in [4.69, 9.17) is 0 Å². The minimum Gasteiger partial charge on any atom is -0.396 e. The predicted octanol–water partition coefficient (Wildman–Crippen LogP) is 2.35. The summed E-state index contributed by atoms with van der Waals surface area (Å²) in [6, 6.07) is 10.0. The van der Waals surface area contributed by atoms with Crippen molar-refractivity contribution in [3.63, 3.8) is 0 Å². The Kier molecular flexibility index (Phi) is 4.18. The van der Waals surface area contributed by atoms with Gasteiger partial charge in [0.1, 0.15) is 0 Å². The molecule has 2 fully saturated rings. The molecule has 1 aromatic carbocycles. The van der Waals surface area contributed by atoms with Crippen LogP contribution in [0.2, 0.25) is 0 Å². The van der Waals surface area contributed by atoms with Crippen LogP contribution in [-0.4, -0.2) is 41.5 Å². The molecule has 3 atom stereocenters. The first-order valence-electron chi connectivity index (χ1n) is 7.73. The Morgan fingerprint density at radius 1 is 1.25 bits per heavy atom. The quantitative estimate of drug-likeness (QED) is 0.859. The van der Waals surface area contributed by atoms with Crippen molar-refractivity contribution in [1.29, 1.82) is 0 Å². The van der Waals surface area contributed by atoms with Crippen LogP contribution in [-0.2, 0) is 0 Å². The van der Waals surface area contributed by atoms with Crippen LogP contribution in [0, 0.1) is 11.8 Å². The zero-order valence-electron chi connectivity index (χ0n) is 11.9. The molecule has 3 unspecified atom stereocenters. The summed E-state index contributed by atoms with van der Waals surface area (Å²) >= 11 is 0. The van der Waals surface area contributed by atoms with E-state index >= 15 is 0 Å². The van der Waals surface area contributed by atoms with Gasteiger partial charge in [0.2, 0.25) is 0 Å². The maximum Gasteiger partial charge on any atom is 0.167 e. The SMILES string of the molecule is O=C(c1ccccc1)C1CC(CO)CN2CCCCC12. The highest BCUT2D eigenvalue weighted by atomic mass is 16.3. The molecule has 3 rings (SSSR count). The molecule has 0 aromatic heterocycles. The van der Waals surface area contributed by atoms with Crippen LogP contribution in [0.3, 0.4) is 0 Å². The summed E-state index contributed by atoms with van der Waals surface area (Å²) in [6.07, 6.45) is 4.41. The van der Waals surface area contributed by atoms with E-state index in [9.17, 15) is 9.90 Å². The highest BCUT2D eigenvalue weighted by Gasteiger charge is 2.40. The summed E-state index contributed by atoms with van der Waals surface area (Å²) in [4.78, 5) is 15.3. The fourth-order valence-electron chi connectivity index (χ4n) is 3.85. The number of Topliss-reactive ketones (excluding diaryl/α,β-unsaturated/α-hetero) is 1. The maximum absolute atomic E-state index is 12.8. The summed E-state index contributed by atoms with van der Waals surface area (Å²) < 4.78 is 0. The van der Waals surface area contributed by atoms with E-state index in [-0.39, 0.29) is 24.2 Å². The van der Waals surface area contributed by atoms with E-state index in [1.807, 2.05) is 30.3 Å². The lowest BCUT2D eigenvalue weighted by Gasteiger charge is -2.46. The summed E-state index contributed by atoms with van der Waals surface area (Å²) in [5, 5.41) is 9.51. The normalized spacial score (nSPS) is 30.8. The molecule has 2 aliphatic rings. The van der Waals surface area contributed by atoms with Gasteiger partial charge < -0.3 is 5.11 Å². The Morgan fingerprint density at radius 2 is 2.05 bits per heavy atom. The Hall–Kier alpha value is -1.19. The molecule has 3 nitrogen and oxygen atoms in total. The smallest absolute Gasteiger partial charge is 0.167 e. The van der Waals surface area contributed by atoms with E-state index in [0.717, 1.165) is 31.5 Å². The van der Waals surface area contributed by atoms with Crippen molar-refractivity contribution in [2.24, 2.45) is 11.8 Å². The van der Waals surface area contributed by atoms with Gasteiger partial charge in [-0.05, 0) is 31.7 Å². The number of aliphatic hydroxyl groups is 1. The lowest BCUT2D eigenvalue weighted by atomic mass is 9.76. The van der Waals surface area contributed by atoms with Crippen molar-refractivity contribution in [3.8, 4) is 0 Å². The van der Waals surface area contributed by atoms with Gasteiger partial charge in [0.05, 0.1) is 0 Å². The van der Waals surface area contributed by atoms with Crippen LogP contribution < -0.4 is 0 Å². The van der Waals surface area contributed by atoms with Crippen LogP contribution in [0.15, 0.2) is 30.3 Å². The number of fused-ring (bicyclic) bond motifs is 1. The van der Waals surface area contributed by atoms with E-state index in [1.165, 1.54) is 12.8 Å². The van der Waals surface area contributed by atoms with Crippen LogP contribution in [0.4, 0.5) is 0 Å². The van der Waals surface area contributed by atoms with Crippen molar-refractivity contribution < 1.29 is 9.90 Å². The number of carbonyl (C=O) groups excluding carboxylic acids is 1. The van der Waals surface area contributed by atoms with Gasteiger partial charge in [-0.1, -0.05) is 36.8 Å². The summed E-state index contributed by atoms with van der Waals surface area (Å²) in [5.74, 6) is 0.575. The van der Waals surface area contributed by atoms with E-state index < -0.39 is 0 Å². The molecular formula is C17H23NO2. The van der Waals surface area contributed by atoms with Crippen molar-refractivity contribution in [1.82, 2.24) is 4.90 Å². The molecule has 20 heavy (non-hydrogen) atoms. The molecule has 108 valence electrons. The number of rotatable bonds is 3. The Morgan fingerprint density at radius 3 is 2.80 bits per heavy atom. The zero-order chi connectivity index (χ0) is 13.9. The predicted molar refractivity (Wildman–Crippen MR) is 78.7 cm³/mol. The molecule has 1 N–H and O–H groups in total. The van der Waals surface area contributed by atoms with Gasteiger partial charge in [-0.3, -0.25) is 9.69 Å². The molecule has 2 heterocycles. The molecule has 0 saturated carbocycles. The number of carbonyl (C=O) groups is 1. The van der Waals surface area contributed by atoms with Crippen molar-refractivity contribution in [3.05, 3.63) is 35.9 Å². The van der Waals surface area contributed by atoms with E-state index in [0.29, 0.717) is 6.04 Å². The number of piperidine rings is 2. The van der Waals surface area contributed by atoms with Gasteiger partial charge >= 0.3 is 0 Å². The number of aliphatic hydroxyl groups excluding tert-OH is 1. The van der Waals surface area contributed by atoms with Crippen LogP contribution in [0.5, 0.6) is 0 Å². The van der Waals surface area contributed by atoms with Crippen molar-refractivity contribution >= 4 is 5.78 Å². The van der Waals surface area contributed by atoms with Crippen LogP contribution >= 0.6 is 0 Å². The van der Waals surface area contributed by atoms with Gasteiger partial charge in [-0.15, -0.1) is 0 Å². The molecule has 3 heteroatoms. The average Bonchev–Trinajstić information content (AvgIpc) is 2.54. The van der Waals surface area contributed by atoms with Gasteiger partial charge in [0.25, 0.3) is 0 Å². The average molecular weight is 273 g/mol. The molecule has 0 spiro atoms. The number of hydrogen-bond acceptors (Lipinski definition) is 3. The standard InChI is InChI=1S/C17H23NO2/c19-12-13-10-15(16-8-4-5-9-18(16)11-13)17(20)14-6-2-1-3-7-14/h1-3,6-7,13,15-16,19H,4-5,8-12H2. The second kappa shape index (κ2) is 6.06. The van der Waals surface area contributed by atoms with Gasteiger partial charge in [0.15, 0.2) is 5.78 Å². The molecule has 2 saturated heterocycles. The third-order valence-electron chi connectivity index (χ3n) is 4.86. The summed E-state index contributed by atoms with van der Waals surface area (Å²) in [5.41, 5.74) is 0.821. The zero-order valence-corrected chi connectivity index (χ0v) is 11.9. The number of hydrogen-bond donors (Lipinski definition) is 1. The Labute approximate surface area is 120 Å². The highest BCUT2D eigenvalue weighted by molar-refractivity contribution is 5.98. The number of ketones is 1. The second-order valence-electron chi connectivity index (χ2n) is 6.18. The summed E-state index contributed by atoms with van der Waals surface area (Å²) in [7, 11) is 0. The van der Waals surface area contributed by atoms with Crippen LogP contribution in [0.25, 0.3) is 0 Å². The minimum atomic E-state index is 0.0589. The number of nitrogens with zero attached hydrogens (tertiary/aromatic N) is 1. The second-order valence-corrected chi connectivity index (χ2v) is 6.18. The van der Waals surface area contributed by atoms with E-state index in [2.05, 4.69) is 4.90 Å². The number of benzene rings is 1. The third-order valence-corrected chi connectivity index (χ3v) is 4.86. The molecule has 1 aromatic rings. The molecular weight excluding hydrogens is 250 g/mol. The first kappa shape index (κ1) is 13.8. The molecule has 2 aliphatic heterocycles. The van der Waals surface area contributed by atoms with Crippen LogP contribution in [0.1, 0.15) is 36.0 Å². The highest BCUT2D eigenvalue weighted by Crippen LogP contribution is 2.35. The molecule has 0 aliphatic carbocycles. The fourth-order valence-corrected chi connectivity index (χ4v) is 3.85. The molecule has 0 bridgehead atoms. The van der Waals surface area contributed by atoms with Gasteiger partial charge in [-0.2, -0.15) is 0 Å².